The first-order valence-electron chi connectivity index (χ1n) is 5.92. The summed E-state index contributed by atoms with van der Waals surface area (Å²) in [4.78, 5) is 22.4. The molecule has 0 radical (unpaired) electrons. The Bertz CT molecular complexity index is 238. The Morgan fingerprint density at radius 1 is 1.25 bits per heavy atom. The molecule has 2 unspecified atom stereocenters. The number of carbonyl (C=O) groups is 2. The third-order valence-electron chi connectivity index (χ3n) is 2.73. The van der Waals surface area contributed by atoms with Crippen molar-refractivity contribution in [3.05, 3.63) is 0 Å². The standard InChI is InChI=1S/C12H23NO3/c1-5-6-7-10(14)13-11(8(2)3)9(4)12(15)16/h8-9,11H,5-7H2,1-4H3,(H,13,14)(H,15,16). The highest BCUT2D eigenvalue weighted by molar-refractivity contribution is 5.78. The molecule has 0 saturated heterocycles. The second-order valence-electron chi connectivity index (χ2n) is 4.57. The lowest BCUT2D eigenvalue weighted by atomic mass is 9.91. The highest BCUT2D eigenvalue weighted by Crippen LogP contribution is 2.13. The van der Waals surface area contributed by atoms with E-state index in [-0.39, 0.29) is 17.9 Å². The van der Waals surface area contributed by atoms with Crippen molar-refractivity contribution in [1.29, 1.82) is 0 Å². The topological polar surface area (TPSA) is 66.4 Å². The van der Waals surface area contributed by atoms with Crippen molar-refractivity contribution < 1.29 is 14.7 Å². The van der Waals surface area contributed by atoms with Gasteiger partial charge in [-0.1, -0.05) is 27.2 Å². The van der Waals surface area contributed by atoms with Crippen LogP contribution in [0.5, 0.6) is 0 Å². The summed E-state index contributed by atoms with van der Waals surface area (Å²) < 4.78 is 0. The SMILES string of the molecule is CCCCC(=O)NC(C(C)C)C(C)C(=O)O. The largest absolute Gasteiger partial charge is 0.481 e. The van der Waals surface area contributed by atoms with Crippen LogP contribution in [0.4, 0.5) is 0 Å². The summed E-state index contributed by atoms with van der Waals surface area (Å²) in [5, 5.41) is 11.8. The van der Waals surface area contributed by atoms with Crippen molar-refractivity contribution in [1.82, 2.24) is 5.32 Å². The Labute approximate surface area is 97.4 Å². The molecule has 0 aliphatic carbocycles. The fraction of sp³-hybridized carbons (Fsp3) is 0.833. The Morgan fingerprint density at radius 3 is 2.19 bits per heavy atom. The Kier molecular flexibility index (Phi) is 6.77. The normalized spacial score (nSPS) is 14.6. The van der Waals surface area contributed by atoms with Crippen molar-refractivity contribution in [3.8, 4) is 0 Å². The molecule has 0 aliphatic rings. The molecule has 0 aromatic heterocycles. The van der Waals surface area contributed by atoms with E-state index < -0.39 is 11.9 Å². The maximum atomic E-state index is 11.5. The number of hydrogen-bond donors (Lipinski definition) is 2. The number of amides is 1. The van der Waals surface area contributed by atoms with Gasteiger partial charge in [-0.3, -0.25) is 9.59 Å². The van der Waals surface area contributed by atoms with E-state index in [1.807, 2.05) is 20.8 Å². The van der Waals surface area contributed by atoms with Gasteiger partial charge in [-0.25, -0.2) is 0 Å². The molecule has 0 saturated carbocycles. The van der Waals surface area contributed by atoms with E-state index in [0.29, 0.717) is 6.42 Å². The first kappa shape index (κ1) is 14.9. The molecule has 94 valence electrons. The second-order valence-corrected chi connectivity index (χ2v) is 4.57. The van der Waals surface area contributed by atoms with Crippen LogP contribution in [-0.2, 0) is 9.59 Å². The molecule has 0 bridgehead atoms. The molecular weight excluding hydrogens is 206 g/mol. The lowest BCUT2D eigenvalue weighted by Crippen LogP contribution is -2.45. The van der Waals surface area contributed by atoms with Gasteiger partial charge in [-0.2, -0.15) is 0 Å². The zero-order valence-corrected chi connectivity index (χ0v) is 10.6. The van der Waals surface area contributed by atoms with Crippen molar-refractivity contribution in [2.24, 2.45) is 11.8 Å². The Hall–Kier alpha value is -1.06. The number of carboxylic acids is 1. The van der Waals surface area contributed by atoms with Crippen molar-refractivity contribution in [2.45, 2.75) is 53.0 Å². The highest BCUT2D eigenvalue weighted by Gasteiger charge is 2.27. The smallest absolute Gasteiger partial charge is 0.308 e. The summed E-state index contributed by atoms with van der Waals surface area (Å²) in [5.74, 6) is -1.34. The van der Waals surface area contributed by atoms with Gasteiger partial charge in [-0.15, -0.1) is 0 Å². The molecule has 0 fully saturated rings. The summed E-state index contributed by atoms with van der Waals surface area (Å²) >= 11 is 0. The second kappa shape index (κ2) is 7.25. The van der Waals surface area contributed by atoms with Gasteiger partial charge >= 0.3 is 5.97 Å². The maximum Gasteiger partial charge on any atom is 0.308 e. The van der Waals surface area contributed by atoms with Crippen molar-refractivity contribution >= 4 is 11.9 Å². The average molecular weight is 229 g/mol. The first-order chi connectivity index (χ1) is 7.40. The van der Waals surface area contributed by atoms with Gasteiger partial charge in [0.05, 0.1) is 5.92 Å². The lowest BCUT2D eigenvalue weighted by Gasteiger charge is -2.25. The van der Waals surface area contributed by atoms with E-state index in [1.54, 1.807) is 6.92 Å². The minimum absolute atomic E-state index is 0.0475. The van der Waals surface area contributed by atoms with Crippen LogP contribution in [0.2, 0.25) is 0 Å². The molecule has 0 rings (SSSR count). The predicted molar refractivity (Wildman–Crippen MR) is 63.1 cm³/mol. The van der Waals surface area contributed by atoms with E-state index in [9.17, 15) is 9.59 Å². The third kappa shape index (κ3) is 5.14. The number of carbonyl (C=O) groups excluding carboxylic acids is 1. The van der Waals surface area contributed by atoms with Crippen LogP contribution in [0.3, 0.4) is 0 Å². The zero-order valence-electron chi connectivity index (χ0n) is 10.6. The average Bonchev–Trinajstić information content (AvgIpc) is 2.21. The van der Waals surface area contributed by atoms with Crippen LogP contribution in [-0.4, -0.2) is 23.0 Å². The fourth-order valence-corrected chi connectivity index (χ4v) is 1.62. The van der Waals surface area contributed by atoms with Crippen molar-refractivity contribution in [3.63, 3.8) is 0 Å². The molecule has 4 heteroatoms. The Morgan fingerprint density at radius 2 is 1.81 bits per heavy atom. The van der Waals surface area contributed by atoms with Crippen LogP contribution in [0.1, 0.15) is 47.0 Å². The number of rotatable bonds is 7. The van der Waals surface area contributed by atoms with E-state index in [2.05, 4.69) is 5.32 Å². The first-order valence-corrected chi connectivity index (χ1v) is 5.92. The molecule has 1 amide bonds. The Balaban J connectivity index is 4.34. The molecular formula is C12H23NO3. The van der Waals surface area contributed by atoms with Crippen LogP contribution < -0.4 is 5.32 Å². The number of nitrogens with one attached hydrogen (secondary N) is 1. The molecule has 0 aromatic rings. The molecule has 4 nitrogen and oxygen atoms in total. The maximum absolute atomic E-state index is 11.5. The minimum Gasteiger partial charge on any atom is -0.481 e. The van der Waals surface area contributed by atoms with Gasteiger partial charge < -0.3 is 10.4 Å². The van der Waals surface area contributed by atoms with Crippen LogP contribution in [0, 0.1) is 11.8 Å². The van der Waals surface area contributed by atoms with E-state index in [1.165, 1.54) is 0 Å². The van der Waals surface area contributed by atoms with Gasteiger partial charge in [-0.05, 0) is 19.3 Å². The summed E-state index contributed by atoms with van der Waals surface area (Å²) in [6.45, 7) is 7.49. The van der Waals surface area contributed by atoms with Gasteiger partial charge in [0.1, 0.15) is 0 Å². The molecule has 0 aliphatic heterocycles. The van der Waals surface area contributed by atoms with E-state index >= 15 is 0 Å². The van der Waals surface area contributed by atoms with Crippen LogP contribution >= 0.6 is 0 Å². The summed E-state index contributed by atoms with van der Waals surface area (Å²) in [6.07, 6.45) is 2.29. The predicted octanol–water partition coefficient (Wildman–Crippen LogP) is 2.04. The molecule has 2 atom stereocenters. The molecule has 2 N–H and O–H groups in total. The van der Waals surface area contributed by atoms with Crippen molar-refractivity contribution in [2.75, 3.05) is 0 Å². The number of carboxylic acid groups (broad SMARTS) is 1. The number of hydrogen-bond acceptors (Lipinski definition) is 2. The number of unbranched alkanes of at least 4 members (excludes halogenated alkanes) is 1. The van der Waals surface area contributed by atoms with Gasteiger partial charge in [0.15, 0.2) is 0 Å². The van der Waals surface area contributed by atoms with E-state index in [4.69, 9.17) is 5.11 Å². The zero-order chi connectivity index (χ0) is 12.7. The monoisotopic (exact) mass is 229 g/mol. The third-order valence-corrected chi connectivity index (χ3v) is 2.73. The van der Waals surface area contributed by atoms with Crippen LogP contribution in [0.25, 0.3) is 0 Å². The molecule has 0 heterocycles. The van der Waals surface area contributed by atoms with Gasteiger partial charge in [0, 0.05) is 12.5 Å². The number of aliphatic carboxylic acids is 1. The molecule has 0 aromatic carbocycles. The molecule has 16 heavy (non-hydrogen) atoms. The summed E-state index contributed by atoms with van der Waals surface area (Å²) in [5.41, 5.74) is 0. The fourth-order valence-electron chi connectivity index (χ4n) is 1.62. The minimum atomic E-state index is -0.866. The van der Waals surface area contributed by atoms with Gasteiger partial charge in [0.25, 0.3) is 0 Å². The quantitative estimate of drug-likeness (QED) is 0.702. The van der Waals surface area contributed by atoms with Gasteiger partial charge in [0.2, 0.25) is 5.91 Å². The highest BCUT2D eigenvalue weighted by atomic mass is 16.4. The molecule has 0 spiro atoms. The van der Waals surface area contributed by atoms with E-state index in [0.717, 1.165) is 12.8 Å². The van der Waals surface area contributed by atoms with Crippen LogP contribution in [0.15, 0.2) is 0 Å². The lowest BCUT2D eigenvalue weighted by molar-refractivity contribution is -0.142. The summed E-state index contributed by atoms with van der Waals surface area (Å²) in [6, 6.07) is -0.290. The summed E-state index contributed by atoms with van der Waals surface area (Å²) in [7, 11) is 0.